The zero-order valence-electron chi connectivity index (χ0n) is 19.3. The lowest BCUT2D eigenvalue weighted by molar-refractivity contribution is -0.126. The van der Waals surface area contributed by atoms with Crippen molar-refractivity contribution >= 4 is 15.9 Å². The monoisotopic (exact) mass is 497 g/mol. The summed E-state index contributed by atoms with van der Waals surface area (Å²) in [6.07, 6.45) is 4.03. The van der Waals surface area contributed by atoms with Crippen LogP contribution in [0.1, 0.15) is 31.4 Å². The van der Waals surface area contributed by atoms with E-state index in [1.807, 2.05) is 31.2 Å². The Morgan fingerprint density at radius 2 is 1.77 bits per heavy atom. The lowest BCUT2D eigenvalue weighted by atomic mass is 9.96. The Morgan fingerprint density at radius 3 is 2.46 bits per heavy atom. The first-order valence-electron chi connectivity index (χ1n) is 11.6. The fourth-order valence-electron chi connectivity index (χ4n) is 4.36. The van der Waals surface area contributed by atoms with E-state index >= 15 is 0 Å². The van der Waals surface area contributed by atoms with Crippen LogP contribution in [0.25, 0.3) is 5.69 Å². The van der Waals surface area contributed by atoms with Crippen LogP contribution >= 0.6 is 0 Å². The molecule has 3 aromatic rings. The molecular formula is C24H27N5O5S. The molecule has 1 amide bonds. The normalized spacial score (nSPS) is 17.6. The predicted octanol–water partition coefficient (Wildman–Crippen LogP) is 2.32. The highest BCUT2D eigenvalue weighted by molar-refractivity contribution is 7.89. The van der Waals surface area contributed by atoms with Gasteiger partial charge in [-0.3, -0.25) is 4.79 Å². The first-order valence-corrected chi connectivity index (χ1v) is 13.0. The summed E-state index contributed by atoms with van der Waals surface area (Å²) in [6.45, 7) is 3.35. The van der Waals surface area contributed by atoms with E-state index in [1.54, 1.807) is 17.1 Å². The molecule has 10 nitrogen and oxygen atoms in total. The largest absolute Gasteiger partial charge is 0.486 e. The van der Waals surface area contributed by atoms with Gasteiger partial charge in [0.2, 0.25) is 15.9 Å². The Morgan fingerprint density at radius 1 is 1.06 bits per heavy atom. The van der Waals surface area contributed by atoms with Crippen LogP contribution in [0.3, 0.4) is 0 Å². The molecule has 1 aromatic heterocycles. The van der Waals surface area contributed by atoms with Crippen LogP contribution in [-0.2, 0) is 14.8 Å². The van der Waals surface area contributed by atoms with Gasteiger partial charge in [0.25, 0.3) is 0 Å². The Balaban J connectivity index is 1.17. The zero-order chi connectivity index (χ0) is 24.4. The Labute approximate surface area is 203 Å². The molecule has 2 aliphatic heterocycles. The van der Waals surface area contributed by atoms with Crippen molar-refractivity contribution in [1.29, 1.82) is 0 Å². The maximum Gasteiger partial charge on any atom is 0.243 e. The van der Waals surface area contributed by atoms with E-state index in [2.05, 4.69) is 15.4 Å². The van der Waals surface area contributed by atoms with E-state index in [9.17, 15) is 13.2 Å². The van der Waals surface area contributed by atoms with Crippen LogP contribution in [0.15, 0.2) is 60.0 Å². The first-order chi connectivity index (χ1) is 16.9. The van der Waals surface area contributed by atoms with Gasteiger partial charge in [0.15, 0.2) is 11.5 Å². The van der Waals surface area contributed by atoms with Crippen molar-refractivity contribution in [3.05, 3.63) is 60.7 Å². The van der Waals surface area contributed by atoms with Crippen molar-refractivity contribution in [2.24, 2.45) is 5.92 Å². The third-order valence-corrected chi connectivity index (χ3v) is 8.31. The summed E-state index contributed by atoms with van der Waals surface area (Å²) in [4.78, 5) is 17.0. The topological polar surface area (TPSA) is 116 Å². The van der Waals surface area contributed by atoms with Gasteiger partial charge in [0.05, 0.1) is 16.6 Å². The van der Waals surface area contributed by atoms with E-state index in [-0.39, 0.29) is 35.9 Å². The molecule has 1 saturated heterocycles. The quantitative estimate of drug-likeness (QED) is 0.556. The number of carbonyl (C=O) groups is 1. The smallest absolute Gasteiger partial charge is 0.243 e. The number of ether oxygens (including phenoxy) is 2. The number of rotatable bonds is 6. The van der Waals surface area contributed by atoms with Gasteiger partial charge < -0.3 is 14.8 Å². The van der Waals surface area contributed by atoms with Crippen LogP contribution in [0.4, 0.5) is 0 Å². The summed E-state index contributed by atoms with van der Waals surface area (Å²) in [6, 6.07) is 12.3. The molecule has 184 valence electrons. The first kappa shape index (κ1) is 23.3. The number of fused-ring (bicyclic) bond motifs is 1. The summed E-state index contributed by atoms with van der Waals surface area (Å²) in [5, 5.41) is 7.18. The molecule has 0 unspecified atom stereocenters. The van der Waals surface area contributed by atoms with Gasteiger partial charge in [-0.25, -0.2) is 18.1 Å². The zero-order valence-corrected chi connectivity index (χ0v) is 20.1. The highest BCUT2D eigenvalue weighted by Crippen LogP contribution is 2.34. The second-order valence-electron chi connectivity index (χ2n) is 8.65. The van der Waals surface area contributed by atoms with Crippen molar-refractivity contribution in [2.45, 2.75) is 30.7 Å². The summed E-state index contributed by atoms with van der Waals surface area (Å²) in [5.41, 5.74) is 1.86. The van der Waals surface area contributed by atoms with E-state index in [4.69, 9.17) is 9.47 Å². The average Bonchev–Trinajstić information content (AvgIpc) is 3.43. The van der Waals surface area contributed by atoms with Crippen LogP contribution in [0.2, 0.25) is 0 Å². The number of aromatic nitrogens is 3. The number of hydrogen-bond donors (Lipinski definition) is 1. The molecule has 1 N–H and O–H groups in total. The van der Waals surface area contributed by atoms with Crippen molar-refractivity contribution in [1.82, 2.24) is 24.4 Å². The van der Waals surface area contributed by atoms with Crippen molar-refractivity contribution in [2.75, 3.05) is 26.3 Å². The number of carbonyl (C=O) groups excluding carboxylic acids is 1. The van der Waals surface area contributed by atoms with Crippen LogP contribution < -0.4 is 14.8 Å². The van der Waals surface area contributed by atoms with Gasteiger partial charge in [-0.1, -0.05) is 12.1 Å². The second-order valence-corrected chi connectivity index (χ2v) is 10.6. The molecule has 1 fully saturated rings. The number of nitrogens with zero attached hydrogens (tertiary/aromatic N) is 4. The van der Waals surface area contributed by atoms with Gasteiger partial charge in [0, 0.05) is 25.1 Å². The molecule has 2 aliphatic rings. The highest BCUT2D eigenvalue weighted by Gasteiger charge is 2.33. The maximum absolute atomic E-state index is 13.1. The summed E-state index contributed by atoms with van der Waals surface area (Å²) < 4.78 is 40.4. The highest BCUT2D eigenvalue weighted by atomic mass is 32.2. The minimum Gasteiger partial charge on any atom is -0.486 e. The molecule has 0 aliphatic carbocycles. The maximum atomic E-state index is 13.1. The molecule has 0 spiro atoms. The number of sulfonamides is 1. The predicted molar refractivity (Wildman–Crippen MR) is 127 cm³/mol. The van der Waals surface area contributed by atoms with Gasteiger partial charge in [-0.2, -0.15) is 9.40 Å². The molecule has 0 radical (unpaired) electrons. The fraction of sp³-hybridized carbons (Fsp3) is 0.375. The van der Waals surface area contributed by atoms with Crippen molar-refractivity contribution < 1.29 is 22.7 Å². The summed E-state index contributed by atoms with van der Waals surface area (Å²) in [5.74, 6) is 0.690. The number of piperidine rings is 1. The van der Waals surface area contributed by atoms with Gasteiger partial charge in [-0.15, -0.1) is 0 Å². The minimum atomic E-state index is -3.68. The Bertz CT molecular complexity index is 1290. The number of benzene rings is 2. The van der Waals surface area contributed by atoms with Crippen molar-refractivity contribution in [3.8, 4) is 17.2 Å². The fourth-order valence-corrected chi connectivity index (χ4v) is 5.85. The molecule has 1 atom stereocenters. The molecule has 0 saturated carbocycles. The third kappa shape index (κ3) is 4.87. The SMILES string of the molecule is C[C@@H](NC(=O)C1CCN(S(=O)(=O)c2ccc3c(c2)OCCO3)CC1)c1ccc(-n2cncn2)cc1. The molecule has 11 heteroatoms. The Hall–Kier alpha value is -3.44. The third-order valence-electron chi connectivity index (χ3n) is 6.41. The molecule has 2 aromatic carbocycles. The molecule has 3 heterocycles. The van der Waals surface area contributed by atoms with Gasteiger partial charge >= 0.3 is 0 Å². The number of hydrogen-bond acceptors (Lipinski definition) is 7. The molecule has 0 bridgehead atoms. The van der Waals surface area contributed by atoms with Crippen molar-refractivity contribution in [3.63, 3.8) is 0 Å². The van der Waals surface area contributed by atoms with Crippen LogP contribution in [0, 0.1) is 5.92 Å². The van der Waals surface area contributed by atoms with Gasteiger partial charge in [0.1, 0.15) is 25.9 Å². The lowest BCUT2D eigenvalue weighted by Crippen LogP contribution is -2.43. The summed E-state index contributed by atoms with van der Waals surface area (Å²) >= 11 is 0. The van der Waals surface area contributed by atoms with E-state index in [0.29, 0.717) is 37.6 Å². The standard InChI is InChI=1S/C24H27N5O5S/c1-17(18-2-4-20(5-3-18)29-16-25-15-26-29)27-24(30)19-8-10-28(11-9-19)35(31,32)21-6-7-22-23(14-21)34-13-12-33-22/h2-7,14-17,19H,8-13H2,1H3,(H,27,30)/t17-/m1/s1. The number of nitrogens with one attached hydrogen (secondary N) is 1. The molecule has 5 rings (SSSR count). The Kier molecular flexibility index (Phi) is 6.44. The van der Waals surface area contributed by atoms with E-state index < -0.39 is 10.0 Å². The molecule has 35 heavy (non-hydrogen) atoms. The number of amides is 1. The lowest BCUT2D eigenvalue weighted by Gasteiger charge is -2.31. The molecular weight excluding hydrogens is 470 g/mol. The summed E-state index contributed by atoms with van der Waals surface area (Å²) in [7, 11) is -3.68. The van der Waals surface area contributed by atoms with Crippen LogP contribution in [0.5, 0.6) is 11.5 Å². The average molecular weight is 498 g/mol. The second kappa shape index (κ2) is 9.67. The van der Waals surface area contributed by atoms with Gasteiger partial charge in [-0.05, 0) is 49.6 Å². The minimum absolute atomic E-state index is 0.0609. The van der Waals surface area contributed by atoms with Crippen LogP contribution in [-0.4, -0.2) is 59.7 Å². The van der Waals surface area contributed by atoms with E-state index in [1.165, 1.54) is 22.8 Å². The van der Waals surface area contributed by atoms with E-state index in [0.717, 1.165) is 11.3 Å².